The molecule has 1 aromatic rings. The number of fused-ring (bicyclic) bond motifs is 5. The van der Waals surface area contributed by atoms with E-state index in [0.717, 1.165) is 12.8 Å². The molecular weight excluding hydrogens is 306 g/mol. The van der Waals surface area contributed by atoms with Gasteiger partial charge in [-0.3, -0.25) is 0 Å². The number of carboxylic acids is 1. The molecule has 4 rings (SSSR count). The highest BCUT2D eigenvalue weighted by Crippen LogP contribution is 2.48. The van der Waals surface area contributed by atoms with E-state index in [2.05, 4.69) is 0 Å². The number of ether oxygens (including phenoxy) is 1. The van der Waals surface area contributed by atoms with Gasteiger partial charge in [0.1, 0.15) is 0 Å². The van der Waals surface area contributed by atoms with E-state index in [0.29, 0.717) is 24.9 Å². The van der Waals surface area contributed by atoms with Crippen molar-refractivity contribution in [1.82, 2.24) is 4.31 Å². The minimum atomic E-state index is -3.56. The molecule has 0 aliphatic carbocycles. The van der Waals surface area contributed by atoms with Crippen LogP contribution in [0.5, 0.6) is 0 Å². The number of carbonyl (C=O) groups is 1. The first-order valence-corrected chi connectivity index (χ1v) is 8.90. The van der Waals surface area contributed by atoms with Crippen molar-refractivity contribution in [1.29, 1.82) is 0 Å². The average molecular weight is 323 g/mol. The van der Waals surface area contributed by atoms with Gasteiger partial charge in [-0.15, -0.1) is 0 Å². The Hall–Kier alpha value is -1.44. The highest BCUT2D eigenvalue weighted by molar-refractivity contribution is 7.89. The van der Waals surface area contributed by atoms with Crippen LogP contribution in [-0.2, 0) is 14.8 Å². The largest absolute Gasteiger partial charge is 0.478 e. The quantitative estimate of drug-likeness (QED) is 0.903. The van der Waals surface area contributed by atoms with Gasteiger partial charge >= 0.3 is 5.97 Å². The van der Waals surface area contributed by atoms with Crippen molar-refractivity contribution in [3.8, 4) is 0 Å². The van der Waals surface area contributed by atoms with Gasteiger partial charge in [-0.05, 0) is 37.1 Å². The highest BCUT2D eigenvalue weighted by atomic mass is 32.2. The molecule has 0 unspecified atom stereocenters. The maximum atomic E-state index is 12.7. The first kappa shape index (κ1) is 14.2. The summed E-state index contributed by atoms with van der Waals surface area (Å²) in [6.07, 6.45) is 2.49. The number of hydrogen-bond donors (Lipinski definition) is 1. The Morgan fingerprint density at radius 2 is 1.64 bits per heavy atom. The summed E-state index contributed by atoms with van der Waals surface area (Å²) in [6, 6.07) is 5.41. The van der Waals surface area contributed by atoms with Crippen LogP contribution in [0.4, 0.5) is 0 Å². The SMILES string of the molecule is O=C(O)c1ccc(S(=O)(=O)N2C[C@@H]3[C@H](C2)[C@H]2CC[C@H]3O2)cc1. The molecule has 0 aromatic heterocycles. The molecule has 4 atom stereocenters. The summed E-state index contributed by atoms with van der Waals surface area (Å²) in [7, 11) is -3.56. The second kappa shape index (κ2) is 4.78. The lowest BCUT2D eigenvalue weighted by Crippen LogP contribution is -2.31. The molecule has 0 amide bonds. The van der Waals surface area contributed by atoms with E-state index in [1.807, 2.05) is 0 Å². The monoisotopic (exact) mass is 323 g/mol. The summed E-state index contributed by atoms with van der Waals surface area (Å²) in [4.78, 5) is 11.0. The van der Waals surface area contributed by atoms with Crippen LogP contribution >= 0.6 is 0 Å². The summed E-state index contributed by atoms with van der Waals surface area (Å²) >= 11 is 0. The molecule has 3 aliphatic rings. The van der Waals surface area contributed by atoms with Crippen LogP contribution in [0.2, 0.25) is 0 Å². The van der Waals surface area contributed by atoms with Crippen molar-refractivity contribution in [2.45, 2.75) is 29.9 Å². The zero-order chi connectivity index (χ0) is 15.5. The maximum Gasteiger partial charge on any atom is 0.335 e. The molecule has 22 heavy (non-hydrogen) atoms. The number of carboxylic acid groups (broad SMARTS) is 1. The van der Waals surface area contributed by atoms with Crippen LogP contribution in [0.15, 0.2) is 29.2 Å². The predicted molar refractivity (Wildman–Crippen MR) is 77.0 cm³/mol. The van der Waals surface area contributed by atoms with Crippen molar-refractivity contribution in [2.24, 2.45) is 11.8 Å². The van der Waals surface area contributed by atoms with E-state index in [1.54, 1.807) is 0 Å². The first-order valence-electron chi connectivity index (χ1n) is 7.46. The molecule has 3 heterocycles. The molecule has 0 radical (unpaired) electrons. The Kier molecular flexibility index (Phi) is 3.08. The van der Waals surface area contributed by atoms with Gasteiger partial charge in [0.2, 0.25) is 10.0 Å². The van der Waals surface area contributed by atoms with Gasteiger partial charge in [-0.25, -0.2) is 13.2 Å². The molecule has 0 saturated carbocycles. The van der Waals surface area contributed by atoms with Gasteiger partial charge in [0.05, 0.1) is 22.7 Å². The van der Waals surface area contributed by atoms with Gasteiger partial charge in [0.15, 0.2) is 0 Å². The van der Waals surface area contributed by atoms with Crippen LogP contribution in [0.1, 0.15) is 23.2 Å². The Morgan fingerprint density at radius 1 is 1.09 bits per heavy atom. The van der Waals surface area contributed by atoms with Crippen LogP contribution in [0, 0.1) is 11.8 Å². The topological polar surface area (TPSA) is 83.9 Å². The van der Waals surface area contributed by atoms with Gasteiger partial charge in [-0.2, -0.15) is 4.31 Å². The molecule has 1 aromatic carbocycles. The van der Waals surface area contributed by atoms with Crippen molar-refractivity contribution >= 4 is 16.0 Å². The third-order valence-corrected chi connectivity index (χ3v) is 7.00. The van der Waals surface area contributed by atoms with Crippen LogP contribution in [-0.4, -0.2) is 49.1 Å². The molecular formula is C15H17NO5S. The van der Waals surface area contributed by atoms with E-state index >= 15 is 0 Å². The molecule has 3 saturated heterocycles. The van der Waals surface area contributed by atoms with E-state index in [4.69, 9.17) is 9.84 Å². The molecule has 3 fully saturated rings. The molecule has 1 N–H and O–H groups in total. The molecule has 3 aliphatic heterocycles. The summed E-state index contributed by atoms with van der Waals surface area (Å²) in [5, 5.41) is 8.89. The third kappa shape index (κ3) is 2.00. The van der Waals surface area contributed by atoms with Gasteiger partial charge in [0, 0.05) is 24.9 Å². The Labute approximate surface area is 128 Å². The van der Waals surface area contributed by atoms with E-state index in [1.165, 1.54) is 28.6 Å². The fourth-order valence-corrected chi connectivity index (χ4v) is 5.55. The van der Waals surface area contributed by atoms with Crippen molar-refractivity contribution in [2.75, 3.05) is 13.1 Å². The minimum Gasteiger partial charge on any atom is -0.478 e. The second-order valence-electron chi connectivity index (χ2n) is 6.27. The number of nitrogens with zero attached hydrogens (tertiary/aromatic N) is 1. The molecule has 7 heteroatoms. The lowest BCUT2D eigenvalue weighted by molar-refractivity contribution is 0.0696. The van der Waals surface area contributed by atoms with Gasteiger partial charge in [-0.1, -0.05) is 0 Å². The van der Waals surface area contributed by atoms with Crippen molar-refractivity contribution in [3.63, 3.8) is 0 Å². The summed E-state index contributed by atoms with van der Waals surface area (Å²) in [5.74, 6) is -0.438. The molecule has 118 valence electrons. The Balaban J connectivity index is 1.58. The first-order chi connectivity index (χ1) is 10.5. The van der Waals surface area contributed by atoms with Crippen LogP contribution in [0.25, 0.3) is 0 Å². The lowest BCUT2D eigenvalue weighted by Gasteiger charge is -2.18. The van der Waals surface area contributed by atoms with Crippen LogP contribution < -0.4 is 0 Å². The standard InChI is InChI=1S/C15H17NO5S/c17-15(18)9-1-3-10(4-2-9)22(19,20)16-7-11-12(8-16)14-6-5-13(11)21-14/h1-4,11-14H,5-8H2,(H,17,18)/t11-,12+,13-,14-/m1/s1. The van der Waals surface area contributed by atoms with E-state index in [-0.39, 0.29) is 22.7 Å². The van der Waals surface area contributed by atoms with Gasteiger partial charge in [0.25, 0.3) is 0 Å². The Bertz CT molecular complexity index is 696. The fourth-order valence-electron chi connectivity index (χ4n) is 4.04. The summed E-state index contributed by atoms with van der Waals surface area (Å²) < 4.78 is 32.8. The molecule has 2 bridgehead atoms. The lowest BCUT2D eigenvalue weighted by atomic mass is 9.82. The number of rotatable bonds is 3. The smallest absolute Gasteiger partial charge is 0.335 e. The number of sulfonamides is 1. The zero-order valence-electron chi connectivity index (χ0n) is 11.9. The normalized spacial score (nSPS) is 34.0. The number of aromatic carboxylic acids is 1. The average Bonchev–Trinajstić information content (AvgIpc) is 3.19. The molecule has 0 spiro atoms. The highest BCUT2D eigenvalue weighted by Gasteiger charge is 2.54. The second-order valence-corrected chi connectivity index (χ2v) is 8.21. The zero-order valence-corrected chi connectivity index (χ0v) is 12.7. The Morgan fingerprint density at radius 3 is 2.14 bits per heavy atom. The fraction of sp³-hybridized carbons (Fsp3) is 0.533. The van der Waals surface area contributed by atoms with Gasteiger partial charge < -0.3 is 9.84 Å². The maximum absolute atomic E-state index is 12.7. The summed E-state index contributed by atoms with van der Waals surface area (Å²) in [5.41, 5.74) is 0.0867. The third-order valence-electron chi connectivity index (χ3n) is 5.16. The van der Waals surface area contributed by atoms with Crippen LogP contribution in [0.3, 0.4) is 0 Å². The van der Waals surface area contributed by atoms with E-state index < -0.39 is 16.0 Å². The van der Waals surface area contributed by atoms with E-state index in [9.17, 15) is 13.2 Å². The number of benzene rings is 1. The molecule has 6 nitrogen and oxygen atoms in total. The van der Waals surface area contributed by atoms with Crippen molar-refractivity contribution in [3.05, 3.63) is 29.8 Å². The minimum absolute atomic E-state index is 0.0867. The number of hydrogen-bond acceptors (Lipinski definition) is 4. The summed E-state index contributed by atoms with van der Waals surface area (Å²) in [6.45, 7) is 1.02. The van der Waals surface area contributed by atoms with Crippen molar-refractivity contribution < 1.29 is 23.1 Å². The predicted octanol–water partition coefficient (Wildman–Crippen LogP) is 1.18.